The Labute approximate surface area is 75.4 Å². The van der Waals surface area contributed by atoms with E-state index in [9.17, 15) is 0 Å². The maximum atomic E-state index is 0. The first-order chi connectivity index (χ1) is 0. The van der Waals surface area contributed by atoms with Crippen molar-refractivity contribution in [1.82, 2.24) is 0 Å². The third-order valence-electron chi connectivity index (χ3n) is 0. The summed E-state index contributed by atoms with van der Waals surface area (Å²) in [5.41, 5.74) is 0. The SMILES string of the molecule is [Fe+2].[Fe+2].[O-2].[O-2].[OH-].[OH-].[Zn+2]. The van der Waals surface area contributed by atoms with E-state index < -0.39 is 0 Å². The summed E-state index contributed by atoms with van der Waals surface area (Å²) in [5.74, 6) is 0. The first-order valence-electron chi connectivity index (χ1n) is 0. The summed E-state index contributed by atoms with van der Waals surface area (Å²) in [6, 6.07) is 0. The van der Waals surface area contributed by atoms with Gasteiger partial charge < -0.3 is 21.9 Å². The Kier molecular flexibility index (Phi) is 4260. The Morgan fingerprint density at radius 3 is 0.571 bits per heavy atom. The van der Waals surface area contributed by atoms with Crippen molar-refractivity contribution in [2.24, 2.45) is 0 Å². The number of hydrogen-bond acceptors (Lipinski definition) is 2. The average molecular weight is 243 g/mol. The van der Waals surface area contributed by atoms with E-state index in [1.165, 1.54) is 0 Å². The molecule has 0 spiro atoms. The molecule has 0 aliphatic carbocycles. The first-order valence-corrected chi connectivity index (χ1v) is 0. The van der Waals surface area contributed by atoms with Gasteiger partial charge in [-0.2, -0.15) is 0 Å². The van der Waals surface area contributed by atoms with Gasteiger partial charge in [-0.25, -0.2) is 0 Å². The van der Waals surface area contributed by atoms with Gasteiger partial charge in [0.15, 0.2) is 0 Å². The molecule has 4 nitrogen and oxygen atoms in total. The van der Waals surface area contributed by atoms with Crippen LogP contribution in [0.4, 0.5) is 0 Å². The summed E-state index contributed by atoms with van der Waals surface area (Å²) in [7, 11) is 0. The molecule has 0 saturated carbocycles. The van der Waals surface area contributed by atoms with Crippen molar-refractivity contribution in [1.29, 1.82) is 0 Å². The van der Waals surface area contributed by atoms with E-state index in [4.69, 9.17) is 0 Å². The van der Waals surface area contributed by atoms with Crippen LogP contribution in [0.5, 0.6) is 0 Å². The second kappa shape index (κ2) is 141. The quantitative estimate of drug-likeness (QED) is 0.528. The van der Waals surface area contributed by atoms with E-state index >= 15 is 0 Å². The van der Waals surface area contributed by atoms with Crippen LogP contribution in [-0.4, -0.2) is 11.0 Å². The molecule has 0 fully saturated rings. The Morgan fingerprint density at radius 1 is 0.571 bits per heavy atom. The molecular formula is H2Fe2O4Zn. The molecule has 0 aromatic carbocycles. The summed E-state index contributed by atoms with van der Waals surface area (Å²) in [4.78, 5) is 0. The van der Waals surface area contributed by atoms with Crippen molar-refractivity contribution in [2.75, 3.05) is 0 Å². The monoisotopic (exact) mass is 242 g/mol. The maximum absolute atomic E-state index is 0. The molecule has 0 heterocycles. The molecule has 0 atom stereocenters. The molecular weight excluding hydrogens is 241 g/mol. The van der Waals surface area contributed by atoms with Gasteiger partial charge in [0, 0.05) is 0 Å². The zero-order chi connectivity index (χ0) is 0. The van der Waals surface area contributed by atoms with Crippen molar-refractivity contribution in [3.8, 4) is 0 Å². The van der Waals surface area contributed by atoms with Crippen molar-refractivity contribution in [2.45, 2.75) is 0 Å². The standard InChI is InChI=1S/2Fe.2H2O.2O.Zn/h;;2*1H2;;;/q2*+2;;;2*-2;+2/p-2. The van der Waals surface area contributed by atoms with Crippen molar-refractivity contribution < 1.29 is 75.5 Å². The van der Waals surface area contributed by atoms with Gasteiger partial charge in [-0.05, 0) is 0 Å². The third-order valence-corrected chi connectivity index (χ3v) is 0. The predicted molar refractivity (Wildman–Crippen MR) is 5.24 cm³/mol. The number of hydrogen-bond donors (Lipinski definition) is 0. The van der Waals surface area contributed by atoms with Crippen molar-refractivity contribution in [3.05, 3.63) is 0 Å². The van der Waals surface area contributed by atoms with E-state index in [0.29, 0.717) is 0 Å². The average Bonchev–Trinajstić information content (AvgIpc) is 0. The summed E-state index contributed by atoms with van der Waals surface area (Å²) in [6.45, 7) is 0. The van der Waals surface area contributed by atoms with Gasteiger partial charge in [-0.15, -0.1) is 0 Å². The Balaban J connectivity index is 0. The third kappa shape index (κ3) is 101. The zero-order valence-corrected chi connectivity index (χ0v) is 8.30. The molecule has 0 aliphatic heterocycles. The molecule has 0 bridgehead atoms. The van der Waals surface area contributed by atoms with E-state index in [1.807, 2.05) is 0 Å². The summed E-state index contributed by atoms with van der Waals surface area (Å²) in [6.07, 6.45) is 0. The Bertz CT molecular complexity index is 9.65. The second-order valence-electron chi connectivity index (χ2n) is 0. The van der Waals surface area contributed by atoms with Crippen LogP contribution in [0.15, 0.2) is 0 Å². The Hall–Kier alpha value is 1.50. The van der Waals surface area contributed by atoms with Crippen LogP contribution in [0.2, 0.25) is 0 Å². The predicted octanol–water partition coefficient (Wildman–Crippen LogP) is -0.599. The molecule has 44 valence electrons. The summed E-state index contributed by atoms with van der Waals surface area (Å²) in [5, 5.41) is 0. The van der Waals surface area contributed by atoms with Crippen molar-refractivity contribution in [3.63, 3.8) is 0 Å². The fourth-order valence-corrected chi connectivity index (χ4v) is 0. The normalized spacial score (nSPS) is 0. The van der Waals surface area contributed by atoms with Gasteiger partial charge in [0.2, 0.25) is 0 Å². The van der Waals surface area contributed by atoms with Gasteiger partial charge in [0.1, 0.15) is 0 Å². The summed E-state index contributed by atoms with van der Waals surface area (Å²) < 4.78 is 0. The molecule has 0 aromatic heterocycles. The van der Waals surface area contributed by atoms with Crippen LogP contribution in [0, 0.1) is 0 Å². The van der Waals surface area contributed by atoms with Gasteiger partial charge in [-0.3, -0.25) is 0 Å². The van der Waals surface area contributed by atoms with E-state index in [0.717, 1.165) is 0 Å². The van der Waals surface area contributed by atoms with Gasteiger partial charge in [0.25, 0.3) is 0 Å². The van der Waals surface area contributed by atoms with E-state index in [2.05, 4.69) is 0 Å². The Morgan fingerprint density at radius 2 is 0.571 bits per heavy atom. The van der Waals surface area contributed by atoms with Crippen LogP contribution < -0.4 is 0 Å². The van der Waals surface area contributed by atoms with Crippen LogP contribution in [0.25, 0.3) is 0 Å². The van der Waals surface area contributed by atoms with Gasteiger partial charge in [0.05, 0.1) is 0 Å². The minimum absolute atomic E-state index is 0. The molecule has 0 aromatic rings. The molecule has 0 amide bonds. The minimum atomic E-state index is 0. The van der Waals surface area contributed by atoms with Crippen molar-refractivity contribution >= 4 is 0 Å². The first kappa shape index (κ1) is 212. The molecule has 7 heteroatoms. The molecule has 0 radical (unpaired) electrons. The zero-order valence-electron chi connectivity index (χ0n) is 3.13. The molecule has 0 unspecified atom stereocenters. The van der Waals surface area contributed by atoms with Crippen LogP contribution in [-0.2, 0) is 64.6 Å². The molecule has 0 rings (SSSR count). The van der Waals surface area contributed by atoms with Crippen LogP contribution >= 0.6 is 0 Å². The molecule has 0 aliphatic rings. The largest absolute Gasteiger partial charge is 2.00 e. The second-order valence-corrected chi connectivity index (χ2v) is 0. The van der Waals surface area contributed by atoms with E-state index in [-0.39, 0.29) is 75.5 Å². The van der Waals surface area contributed by atoms with Gasteiger partial charge in [-0.1, -0.05) is 0 Å². The molecule has 0 saturated heterocycles. The smallest absolute Gasteiger partial charge is 2.00 e. The van der Waals surface area contributed by atoms with Gasteiger partial charge >= 0.3 is 53.6 Å². The topological polar surface area (TPSA) is 117 Å². The summed E-state index contributed by atoms with van der Waals surface area (Å²) >= 11 is 0. The van der Waals surface area contributed by atoms with Crippen LogP contribution in [0.1, 0.15) is 0 Å². The fraction of sp³-hybridized carbons (Fsp3) is 0. The molecule has 7 heavy (non-hydrogen) atoms. The maximum Gasteiger partial charge on any atom is 2.00 e. The van der Waals surface area contributed by atoms with E-state index in [1.54, 1.807) is 0 Å². The number of rotatable bonds is 0. The minimum Gasteiger partial charge on any atom is -2.00 e. The van der Waals surface area contributed by atoms with Crippen LogP contribution in [0.3, 0.4) is 0 Å². The fourth-order valence-electron chi connectivity index (χ4n) is 0. The molecule has 2 N–H and O–H groups in total.